The molecule has 1 heterocycles. The Balaban J connectivity index is 2.37. The first-order chi connectivity index (χ1) is 13.6. The average molecular weight is 457 g/mol. The number of sulfonamides is 1. The van der Waals surface area contributed by atoms with Crippen LogP contribution in [0.3, 0.4) is 0 Å². The summed E-state index contributed by atoms with van der Waals surface area (Å²) in [5, 5.41) is 6.39. The summed E-state index contributed by atoms with van der Waals surface area (Å²) in [4.78, 5) is 10.9. The lowest BCUT2D eigenvalue weighted by Gasteiger charge is -2.17. The number of nitrogens with two attached hydrogens (primary N) is 1. The van der Waals surface area contributed by atoms with Gasteiger partial charge in [-0.25, -0.2) is 17.9 Å². The number of primary sulfonamides is 1. The highest BCUT2D eigenvalue weighted by Gasteiger charge is 2.40. The van der Waals surface area contributed by atoms with Crippen molar-refractivity contribution in [1.82, 2.24) is 9.78 Å². The van der Waals surface area contributed by atoms with Crippen LogP contribution in [0.15, 0.2) is 40.0 Å². The van der Waals surface area contributed by atoms with Gasteiger partial charge >= 0.3 is 12.4 Å². The molecule has 30 heavy (non-hydrogen) atoms. The normalized spacial score (nSPS) is 13.2. The van der Waals surface area contributed by atoms with Crippen molar-refractivity contribution in [3.63, 3.8) is 0 Å². The van der Waals surface area contributed by atoms with E-state index in [0.717, 1.165) is 18.2 Å². The highest BCUT2D eigenvalue weighted by Crippen LogP contribution is 2.42. The topological polar surface area (TPSA) is 98.0 Å². The van der Waals surface area contributed by atoms with E-state index < -0.39 is 67.3 Å². The maximum atomic E-state index is 14.0. The van der Waals surface area contributed by atoms with Crippen LogP contribution in [0.25, 0.3) is 22.0 Å². The fourth-order valence-corrected chi connectivity index (χ4v) is 3.78. The molecule has 2 aromatic carbocycles. The predicted molar refractivity (Wildman–Crippen MR) is 90.4 cm³/mol. The zero-order valence-electron chi connectivity index (χ0n) is 14.4. The van der Waals surface area contributed by atoms with Gasteiger partial charge in [-0.2, -0.15) is 26.3 Å². The number of aromatic amines is 1. The number of hydrogen-bond donors (Lipinski definition) is 2. The molecule has 6 nitrogen and oxygen atoms in total. The summed E-state index contributed by atoms with van der Waals surface area (Å²) in [6.07, 6.45) is -10.1. The van der Waals surface area contributed by atoms with Gasteiger partial charge in [0.05, 0.1) is 15.8 Å². The standard InChI is InChI=1S/C16H10F7N3O3S/c17-9-2-4-11(30(24,28)29)12(13(9)16(21,22)23)7-1-3-10-8(5-7)14(27)25-26(10)6-15(18,19)20/h1-5H,6H2,(H,25,27)(H2,24,28,29). The number of aromatic nitrogens is 2. The van der Waals surface area contributed by atoms with Gasteiger partial charge in [0.15, 0.2) is 0 Å². The highest BCUT2D eigenvalue weighted by molar-refractivity contribution is 7.89. The molecule has 3 aromatic rings. The molecule has 0 atom stereocenters. The minimum Gasteiger partial charge on any atom is -0.275 e. The van der Waals surface area contributed by atoms with E-state index in [1.54, 1.807) is 0 Å². The van der Waals surface area contributed by atoms with Gasteiger partial charge in [-0.3, -0.25) is 14.6 Å². The Bertz CT molecular complexity index is 1300. The van der Waals surface area contributed by atoms with Crippen molar-refractivity contribution in [1.29, 1.82) is 0 Å². The summed E-state index contributed by atoms with van der Waals surface area (Å²) >= 11 is 0. The lowest BCUT2D eigenvalue weighted by atomic mass is 9.97. The molecule has 1 aromatic heterocycles. The van der Waals surface area contributed by atoms with E-state index in [4.69, 9.17) is 5.14 Å². The van der Waals surface area contributed by atoms with Crippen molar-refractivity contribution in [2.75, 3.05) is 0 Å². The van der Waals surface area contributed by atoms with Gasteiger partial charge in [-0.1, -0.05) is 6.07 Å². The van der Waals surface area contributed by atoms with Gasteiger partial charge in [0, 0.05) is 5.56 Å². The van der Waals surface area contributed by atoms with E-state index >= 15 is 0 Å². The molecule has 0 saturated carbocycles. The zero-order valence-corrected chi connectivity index (χ0v) is 15.2. The quantitative estimate of drug-likeness (QED) is 0.591. The van der Waals surface area contributed by atoms with Gasteiger partial charge in [0.1, 0.15) is 17.9 Å². The molecule has 0 amide bonds. The maximum absolute atomic E-state index is 14.0. The number of hydrogen-bond acceptors (Lipinski definition) is 3. The second-order valence-corrected chi connectivity index (χ2v) is 7.74. The summed E-state index contributed by atoms with van der Waals surface area (Å²) in [7, 11) is -4.77. The summed E-state index contributed by atoms with van der Waals surface area (Å²) < 4.78 is 116. The third-order valence-electron chi connectivity index (χ3n) is 4.10. The molecular weight excluding hydrogens is 447 g/mol. The van der Waals surface area contributed by atoms with Crippen LogP contribution in [0.2, 0.25) is 0 Å². The Kier molecular flexibility index (Phi) is 4.97. The van der Waals surface area contributed by atoms with E-state index in [0.29, 0.717) is 10.7 Å². The molecule has 3 N–H and O–H groups in total. The van der Waals surface area contributed by atoms with Crippen LogP contribution >= 0.6 is 0 Å². The second-order valence-electron chi connectivity index (χ2n) is 6.21. The SMILES string of the molecule is NS(=O)(=O)c1ccc(F)c(C(F)(F)F)c1-c1ccc2c(c1)c(=O)[nH]n2CC(F)(F)F. The van der Waals surface area contributed by atoms with Crippen LogP contribution in [0.4, 0.5) is 30.7 Å². The first-order valence-electron chi connectivity index (χ1n) is 7.82. The molecule has 0 aliphatic rings. The Labute approximate surface area is 162 Å². The molecular formula is C16H10F7N3O3S. The van der Waals surface area contributed by atoms with E-state index in [2.05, 4.69) is 0 Å². The molecule has 0 unspecified atom stereocenters. The highest BCUT2D eigenvalue weighted by atomic mass is 32.2. The minimum atomic E-state index is -5.34. The van der Waals surface area contributed by atoms with Crippen molar-refractivity contribution in [2.24, 2.45) is 5.14 Å². The Hall–Kier alpha value is -2.87. The van der Waals surface area contributed by atoms with Crippen LogP contribution in [-0.2, 0) is 22.7 Å². The number of halogens is 7. The lowest BCUT2D eigenvalue weighted by molar-refractivity contribution is -0.142. The van der Waals surface area contributed by atoms with Gasteiger partial charge in [-0.05, 0) is 29.8 Å². The monoisotopic (exact) mass is 457 g/mol. The van der Waals surface area contributed by atoms with Crippen LogP contribution in [0.5, 0.6) is 0 Å². The predicted octanol–water partition coefficient (Wildman–Crippen LogP) is 3.36. The smallest absolute Gasteiger partial charge is 0.275 e. The van der Waals surface area contributed by atoms with Crippen molar-refractivity contribution in [3.05, 3.63) is 52.1 Å². The summed E-state index contributed by atoms with van der Waals surface area (Å²) in [6.45, 7) is -1.58. The van der Waals surface area contributed by atoms with E-state index in [1.807, 2.05) is 5.10 Å². The molecule has 3 rings (SSSR count). The Morgan fingerprint density at radius 2 is 1.67 bits per heavy atom. The molecule has 14 heteroatoms. The summed E-state index contributed by atoms with van der Waals surface area (Å²) in [5.41, 5.74) is -5.05. The minimum absolute atomic E-state index is 0.275. The molecule has 162 valence electrons. The molecule has 0 radical (unpaired) electrons. The maximum Gasteiger partial charge on any atom is 0.419 e. The van der Waals surface area contributed by atoms with E-state index in [-0.39, 0.29) is 11.6 Å². The van der Waals surface area contributed by atoms with Crippen LogP contribution in [0, 0.1) is 5.82 Å². The number of alkyl halides is 6. The first kappa shape index (κ1) is 21.8. The van der Waals surface area contributed by atoms with Crippen molar-refractivity contribution in [2.45, 2.75) is 23.8 Å². The number of nitrogens with zero attached hydrogens (tertiary/aromatic N) is 1. The second kappa shape index (κ2) is 6.84. The largest absolute Gasteiger partial charge is 0.419 e. The number of nitrogens with one attached hydrogen (secondary N) is 1. The number of H-pyrrole nitrogens is 1. The number of fused-ring (bicyclic) bond motifs is 1. The Morgan fingerprint density at radius 1 is 1.03 bits per heavy atom. The molecule has 0 spiro atoms. The molecule has 0 aliphatic heterocycles. The van der Waals surface area contributed by atoms with Gasteiger partial charge in [0.2, 0.25) is 10.0 Å². The van der Waals surface area contributed by atoms with Gasteiger partial charge in [0.25, 0.3) is 5.56 Å². The number of benzene rings is 2. The van der Waals surface area contributed by atoms with Crippen LogP contribution < -0.4 is 10.7 Å². The van der Waals surface area contributed by atoms with Crippen molar-refractivity contribution >= 4 is 20.9 Å². The van der Waals surface area contributed by atoms with Gasteiger partial charge in [-0.15, -0.1) is 0 Å². The average Bonchev–Trinajstić information content (AvgIpc) is 2.85. The summed E-state index contributed by atoms with van der Waals surface area (Å²) in [6, 6.07) is 3.25. The molecule has 0 saturated heterocycles. The first-order valence-corrected chi connectivity index (χ1v) is 9.36. The molecule has 0 fully saturated rings. The lowest BCUT2D eigenvalue weighted by Crippen LogP contribution is -2.19. The van der Waals surface area contributed by atoms with Gasteiger partial charge < -0.3 is 0 Å². The molecule has 0 bridgehead atoms. The van der Waals surface area contributed by atoms with Crippen molar-refractivity contribution < 1.29 is 39.2 Å². The zero-order chi connectivity index (χ0) is 22.6. The van der Waals surface area contributed by atoms with Crippen LogP contribution in [-0.4, -0.2) is 24.4 Å². The van der Waals surface area contributed by atoms with E-state index in [9.17, 15) is 43.9 Å². The Morgan fingerprint density at radius 3 is 2.20 bits per heavy atom. The third kappa shape index (κ3) is 4.05. The molecule has 0 aliphatic carbocycles. The van der Waals surface area contributed by atoms with Crippen LogP contribution in [0.1, 0.15) is 5.56 Å². The fourth-order valence-electron chi connectivity index (χ4n) is 3.01. The number of rotatable bonds is 3. The fraction of sp³-hybridized carbons (Fsp3) is 0.188. The van der Waals surface area contributed by atoms with Crippen molar-refractivity contribution in [3.8, 4) is 11.1 Å². The summed E-state index contributed by atoms with van der Waals surface area (Å²) in [5.74, 6) is -1.80. The van der Waals surface area contributed by atoms with E-state index in [1.165, 1.54) is 0 Å². The third-order valence-corrected chi connectivity index (χ3v) is 5.05.